The minimum absolute atomic E-state index is 0.152. The van der Waals surface area contributed by atoms with E-state index in [1.54, 1.807) is 6.07 Å². The minimum atomic E-state index is -0.336. The minimum Gasteiger partial charge on any atom is -0.291 e. The third-order valence-corrected chi connectivity index (χ3v) is 3.07. The first kappa shape index (κ1) is 12.0. The lowest BCUT2D eigenvalue weighted by Crippen LogP contribution is -2.23. The molecule has 0 spiro atoms. The number of hydrogen-bond donors (Lipinski definition) is 1. The van der Waals surface area contributed by atoms with Crippen molar-refractivity contribution in [1.82, 2.24) is 4.68 Å². The summed E-state index contributed by atoms with van der Waals surface area (Å²) in [5, 5.41) is 9.19. The highest BCUT2D eigenvalue weighted by molar-refractivity contribution is 5.70. The maximum Gasteiger partial charge on any atom is 0.288 e. The summed E-state index contributed by atoms with van der Waals surface area (Å²) in [5.41, 5.74) is 4.97. The number of benzene rings is 1. The number of nitriles is 1. The second kappa shape index (κ2) is 4.90. The molecule has 1 N–H and O–H groups in total. The molecule has 1 aliphatic carbocycles. The molecule has 96 valence electrons. The van der Waals surface area contributed by atoms with Crippen LogP contribution >= 0.6 is 0 Å². The maximum absolute atomic E-state index is 12.3. The van der Waals surface area contributed by atoms with E-state index in [-0.39, 0.29) is 11.1 Å². The molecule has 4 nitrogen and oxygen atoms in total. The monoisotopic (exact) mass is 261 g/mol. The number of hydrogen-bond acceptors (Lipinski definition) is 3. The molecule has 0 saturated heterocycles. The second-order valence-corrected chi connectivity index (χ2v) is 4.31. The van der Waals surface area contributed by atoms with Gasteiger partial charge < -0.3 is 0 Å². The van der Waals surface area contributed by atoms with Crippen LogP contribution in [-0.2, 0) is 0 Å². The Bertz CT molecular complexity index is 815. The molecule has 0 unspecified atom stereocenters. The average molecular weight is 261 g/mol. The molecule has 0 fully saturated rings. The first-order valence-electron chi connectivity index (χ1n) is 6.17. The summed E-state index contributed by atoms with van der Waals surface area (Å²) in [6.45, 7) is 0. The largest absolute Gasteiger partial charge is 0.291 e. The van der Waals surface area contributed by atoms with Crippen LogP contribution < -0.4 is 11.0 Å². The highest BCUT2D eigenvalue weighted by Gasteiger charge is 2.19. The Kier molecular flexibility index (Phi) is 2.94. The fraction of sp³-hybridized carbons (Fsp3) is 0. The molecular formula is C16H11N3O. The smallest absolute Gasteiger partial charge is 0.288 e. The summed E-state index contributed by atoms with van der Waals surface area (Å²) in [6.07, 6.45) is 0. The number of anilines is 1. The van der Waals surface area contributed by atoms with Gasteiger partial charge in [-0.1, -0.05) is 42.5 Å². The third-order valence-electron chi connectivity index (χ3n) is 3.07. The fourth-order valence-corrected chi connectivity index (χ4v) is 2.14. The third kappa shape index (κ3) is 1.91. The first-order chi connectivity index (χ1) is 9.81. The van der Waals surface area contributed by atoms with Gasteiger partial charge >= 0.3 is 0 Å². The average Bonchev–Trinajstić information content (AvgIpc) is 2.64. The zero-order valence-electron chi connectivity index (χ0n) is 10.6. The van der Waals surface area contributed by atoms with Crippen LogP contribution in [0.3, 0.4) is 0 Å². The number of nitrogens with zero attached hydrogens (tertiary/aromatic N) is 2. The molecule has 0 saturated carbocycles. The molecule has 0 bridgehead atoms. The SMILES string of the molecule is N#Cc1c2cccccc-2n(Nc2ccccc2)c1=O. The van der Waals surface area contributed by atoms with Crippen LogP contribution in [0, 0.1) is 11.3 Å². The lowest BCUT2D eigenvalue weighted by Gasteiger charge is -2.08. The van der Waals surface area contributed by atoms with E-state index in [9.17, 15) is 10.1 Å². The summed E-state index contributed by atoms with van der Waals surface area (Å²) >= 11 is 0. The number of nitrogens with one attached hydrogen (secondary N) is 1. The quantitative estimate of drug-likeness (QED) is 0.771. The predicted octanol–water partition coefficient (Wildman–Crippen LogP) is 2.70. The van der Waals surface area contributed by atoms with Crippen LogP contribution in [0.2, 0.25) is 0 Å². The summed E-state index contributed by atoms with van der Waals surface area (Å²) in [5.74, 6) is 0. The zero-order valence-corrected chi connectivity index (χ0v) is 10.6. The van der Waals surface area contributed by atoms with Crippen molar-refractivity contribution in [2.75, 3.05) is 5.43 Å². The van der Waals surface area contributed by atoms with Crippen molar-refractivity contribution in [3.63, 3.8) is 0 Å². The summed E-state index contributed by atoms with van der Waals surface area (Å²) in [6, 6.07) is 20.5. The van der Waals surface area contributed by atoms with Gasteiger partial charge in [-0.3, -0.25) is 10.2 Å². The van der Waals surface area contributed by atoms with E-state index in [0.717, 1.165) is 5.69 Å². The van der Waals surface area contributed by atoms with Crippen LogP contribution in [0.1, 0.15) is 5.56 Å². The van der Waals surface area contributed by atoms with Gasteiger partial charge in [-0.25, -0.2) is 4.68 Å². The van der Waals surface area contributed by atoms with Gasteiger partial charge in [-0.2, -0.15) is 5.26 Å². The normalized spacial score (nSPS) is 10.2. The fourth-order valence-electron chi connectivity index (χ4n) is 2.14. The van der Waals surface area contributed by atoms with Gasteiger partial charge in [0.25, 0.3) is 5.56 Å². The van der Waals surface area contributed by atoms with Crippen molar-refractivity contribution >= 4 is 5.69 Å². The molecule has 1 aliphatic heterocycles. The van der Waals surface area contributed by atoms with Crippen LogP contribution in [0.4, 0.5) is 5.69 Å². The van der Waals surface area contributed by atoms with Crippen molar-refractivity contribution < 1.29 is 0 Å². The lowest BCUT2D eigenvalue weighted by atomic mass is 10.1. The van der Waals surface area contributed by atoms with E-state index in [1.807, 2.05) is 60.7 Å². The van der Waals surface area contributed by atoms with Crippen LogP contribution in [0.5, 0.6) is 0 Å². The van der Waals surface area contributed by atoms with Crippen LogP contribution in [-0.4, -0.2) is 4.68 Å². The van der Waals surface area contributed by atoms with Crippen molar-refractivity contribution in [3.05, 3.63) is 76.6 Å². The van der Waals surface area contributed by atoms with Gasteiger partial charge in [0.15, 0.2) is 0 Å². The standard InChI is InChI=1S/C16H11N3O/c17-11-14-13-9-5-2-6-10-15(13)19(16(14)20)18-12-7-3-1-4-8-12/h1-10,18H. The summed E-state index contributed by atoms with van der Waals surface area (Å²) < 4.78 is 1.41. The lowest BCUT2D eigenvalue weighted by molar-refractivity contribution is 0.937. The highest BCUT2D eigenvalue weighted by Crippen LogP contribution is 2.23. The molecule has 0 radical (unpaired) electrons. The number of aromatic nitrogens is 1. The van der Waals surface area contributed by atoms with E-state index in [0.29, 0.717) is 11.3 Å². The van der Waals surface area contributed by atoms with E-state index in [2.05, 4.69) is 5.43 Å². The molecule has 1 heterocycles. The van der Waals surface area contributed by atoms with E-state index >= 15 is 0 Å². The molecule has 20 heavy (non-hydrogen) atoms. The van der Waals surface area contributed by atoms with Gasteiger partial charge in [0.2, 0.25) is 0 Å². The van der Waals surface area contributed by atoms with Crippen molar-refractivity contribution in [2.24, 2.45) is 0 Å². The van der Waals surface area contributed by atoms with Crippen molar-refractivity contribution in [2.45, 2.75) is 0 Å². The molecule has 0 amide bonds. The van der Waals surface area contributed by atoms with Crippen LogP contribution in [0.15, 0.2) is 65.5 Å². The zero-order chi connectivity index (χ0) is 13.9. The Morgan fingerprint density at radius 1 is 0.950 bits per heavy atom. The van der Waals surface area contributed by atoms with Gasteiger partial charge in [-0.05, 0) is 18.2 Å². The van der Waals surface area contributed by atoms with Gasteiger partial charge in [0.05, 0.1) is 11.4 Å². The van der Waals surface area contributed by atoms with E-state index in [4.69, 9.17) is 0 Å². The number of para-hydroxylation sites is 1. The van der Waals surface area contributed by atoms with Crippen LogP contribution in [0.25, 0.3) is 11.3 Å². The molecule has 1 aromatic rings. The highest BCUT2D eigenvalue weighted by atomic mass is 16.1. The molecule has 0 atom stereocenters. The van der Waals surface area contributed by atoms with Crippen molar-refractivity contribution in [1.29, 1.82) is 5.26 Å². The molecule has 4 heteroatoms. The molecular weight excluding hydrogens is 250 g/mol. The van der Waals surface area contributed by atoms with E-state index < -0.39 is 0 Å². The number of rotatable bonds is 2. The second-order valence-electron chi connectivity index (χ2n) is 4.31. The summed E-state index contributed by atoms with van der Waals surface area (Å²) in [4.78, 5) is 12.3. The molecule has 0 aromatic heterocycles. The Morgan fingerprint density at radius 2 is 1.60 bits per heavy atom. The molecule has 1 aromatic carbocycles. The summed E-state index contributed by atoms with van der Waals surface area (Å²) in [7, 11) is 0. The molecule has 3 rings (SSSR count). The van der Waals surface area contributed by atoms with Crippen molar-refractivity contribution in [3.8, 4) is 17.3 Å². The Balaban J connectivity index is 2.21. The Labute approximate surface area is 115 Å². The Morgan fingerprint density at radius 3 is 2.30 bits per heavy atom. The topological polar surface area (TPSA) is 57.8 Å². The van der Waals surface area contributed by atoms with Gasteiger partial charge in [0.1, 0.15) is 11.6 Å². The maximum atomic E-state index is 12.3. The number of fused-ring (bicyclic) bond motifs is 1. The van der Waals surface area contributed by atoms with Gasteiger partial charge in [-0.15, -0.1) is 0 Å². The predicted molar refractivity (Wildman–Crippen MR) is 77.5 cm³/mol. The van der Waals surface area contributed by atoms with Gasteiger partial charge in [0, 0.05) is 5.56 Å². The first-order valence-corrected chi connectivity index (χ1v) is 6.17. The molecule has 2 aliphatic rings. The Hall–Kier alpha value is -3.06. The van der Waals surface area contributed by atoms with E-state index in [1.165, 1.54) is 4.68 Å².